The minimum atomic E-state index is 0.0508. The number of ether oxygens (including phenoxy) is 3. The highest BCUT2D eigenvalue weighted by molar-refractivity contribution is 5.42. The molecule has 0 heterocycles. The molecule has 0 saturated carbocycles. The fourth-order valence-corrected chi connectivity index (χ4v) is 1.37. The number of nitriles is 1. The highest BCUT2D eigenvalue weighted by atomic mass is 16.5. The Balaban J connectivity index is 2.29. The van der Waals surface area contributed by atoms with E-state index in [9.17, 15) is 0 Å². The smallest absolute Gasteiger partial charge is 0.137 e. The van der Waals surface area contributed by atoms with Gasteiger partial charge in [-0.05, 0) is 19.1 Å². The van der Waals surface area contributed by atoms with Gasteiger partial charge in [-0.3, -0.25) is 0 Å². The van der Waals surface area contributed by atoms with Gasteiger partial charge in [-0.1, -0.05) is 12.1 Å². The van der Waals surface area contributed by atoms with Crippen molar-refractivity contribution in [2.75, 3.05) is 26.9 Å². The maximum absolute atomic E-state index is 8.86. The summed E-state index contributed by atoms with van der Waals surface area (Å²) in [6, 6.07) is 9.23. The Morgan fingerprint density at radius 1 is 1.29 bits per heavy atom. The number of methoxy groups -OCH3 is 1. The first-order chi connectivity index (χ1) is 8.27. The minimum absolute atomic E-state index is 0.0508. The molecule has 0 fully saturated rings. The quantitative estimate of drug-likeness (QED) is 0.678. The molecule has 1 unspecified atom stereocenters. The topological polar surface area (TPSA) is 51.5 Å². The molecule has 1 atom stereocenters. The number of para-hydroxylation sites is 1. The molecule has 1 rings (SSSR count). The zero-order valence-corrected chi connectivity index (χ0v) is 10.2. The number of nitrogens with zero attached hydrogens (tertiary/aromatic N) is 1. The Labute approximate surface area is 102 Å². The van der Waals surface area contributed by atoms with Crippen LogP contribution >= 0.6 is 0 Å². The van der Waals surface area contributed by atoms with Crippen LogP contribution in [0.2, 0.25) is 0 Å². The van der Waals surface area contributed by atoms with Gasteiger partial charge in [-0.15, -0.1) is 0 Å². The van der Waals surface area contributed by atoms with Gasteiger partial charge in [0.2, 0.25) is 0 Å². The molecule has 17 heavy (non-hydrogen) atoms. The summed E-state index contributed by atoms with van der Waals surface area (Å²) in [5.41, 5.74) is 0.539. The molecular formula is C13H17NO3. The first kappa shape index (κ1) is 13.5. The van der Waals surface area contributed by atoms with Gasteiger partial charge in [0, 0.05) is 7.11 Å². The van der Waals surface area contributed by atoms with Crippen LogP contribution in [0.25, 0.3) is 0 Å². The van der Waals surface area contributed by atoms with Crippen molar-refractivity contribution in [1.29, 1.82) is 5.26 Å². The highest BCUT2D eigenvalue weighted by Gasteiger charge is 2.03. The largest absolute Gasteiger partial charge is 0.490 e. The summed E-state index contributed by atoms with van der Waals surface area (Å²) in [5, 5.41) is 8.86. The summed E-state index contributed by atoms with van der Waals surface area (Å²) in [5.74, 6) is 0.595. The molecule has 1 aromatic rings. The van der Waals surface area contributed by atoms with Gasteiger partial charge in [-0.25, -0.2) is 0 Å². The van der Waals surface area contributed by atoms with Crippen LogP contribution in [-0.4, -0.2) is 33.0 Å². The van der Waals surface area contributed by atoms with E-state index in [2.05, 4.69) is 6.07 Å². The second kappa shape index (κ2) is 7.66. The lowest BCUT2D eigenvalue weighted by Gasteiger charge is -2.12. The molecule has 4 heteroatoms. The van der Waals surface area contributed by atoms with Crippen LogP contribution in [0.15, 0.2) is 24.3 Å². The standard InChI is InChI=1S/C13H17NO3/c1-11(10-15-2)16-7-8-17-13-6-4-3-5-12(13)9-14/h3-6,11H,7-8,10H2,1-2H3. The summed E-state index contributed by atoms with van der Waals surface area (Å²) < 4.78 is 15.9. The average molecular weight is 235 g/mol. The lowest BCUT2D eigenvalue weighted by molar-refractivity contribution is -0.00216. The summed E-state index contributed by atoms with van der Waals surface area (Å²) in [6.45, 7) is 3.40. The molecule has 0 aromatic heterocycles. The monoisotopic (exact) mass is 235 g/mol. The van der Waals surface area contributed by atoms with Crippen molar-refractivity contribution in [2.24, 2.45) is 0 Å². The SMILES string of the molecule is COCC(C)OCCOc1ccccc1C#N. The fraction of sp³-hybridized carbons (Fsp3) is 0.462. The van der Waals surface area contributed by atoms with E-state index in [-0.39, 0.29) is 6.10 Å². The van der Waals surface area contributed by atoms with Gasteiger partial charge in [0.15, 0.2) is 0 Å². The van der Waals surface area contributed by atoms with Crippen LogP contribution < -0.4 is 4.74 Å². The molecule has 0 aliphatic heterocycles. The zero-order valence-electron chi connectivity index (χ0n) is 10.2. The Kier molecular flexibility index (Phi) is 6.08. The third-order valence-corrected chi connectivity index (χ3v) is 2.15. The van der Waals surface area contributed by atoms with Gasteiger partial charge in [0.1, 0.15) is 18.4 Å². The van der Waals surface area contributed by atoms with E-state index >= 15 is 0 Å². The van der Waals surface area contributed by atoms with Gasteiger partial charge in [-0.2, -0.15) is 5.26 Å². The van der Waals surface area contributed by atoms with Gasteiger partial charge < -0.3 is 14.2 Å². The van der Waals surface area contributed by atoms with Gasteiger partial charge in [0.05, 0.1) is 24.9 Å². The second-order valence-electron chi connectivity index (χ2n) is 3.59. The molecule has 0 saturated heterocycles. The van der Waals surface area contributed by atoms with Crippen LogP contribution in [-0.2, 0) is 9.47 Å². The maximum atomic E-state index is 8.86. The molecule has 92 valence electrons. The number of rotatable bonds is 7. The molecule has 0 radical (unpaired) electrons. The third kappa shape index (κ3) is 4.85. The predicted molar refractivity (Wildman–Crippen MR) is 63.9 cm³/mol. The number of hydrogen-bond acceptors (Lipinski definition) is 4. The molecule has 0 amide bonds. The minimum Gasteiger partial charge on any atom is -0.490 e. The van der Waals surface area contributed by atoms with E-state index in [4.69, 9.17) is 19.5 Å². The summed E-state index contributed by atoms with van der Waals surface area (Å²) in [6.07, 6.45) is 0.0508. The van der Waals surface area contributed by atoms with Crippen LogP contribution in [0, 0.1) is 11.3 Å². The molecule has 0 aliphatic carbocycles. The van der Waals surface area contributed by atoms with E-state index in [1.165, 1.54) is 0 Å². The van der Waals surface area contributed by atoms with Crippen molar-refractivity contribution in [3.63, 3.8) is 0 Å². The molecule has 0 N–H and O–H groups in total. The van der Waals surface area contributed by atoms with E-state index in [0.29, 0.717) is 31.1 Å². The Bertz CT molecular complexity index is 373. The molecule has 0 bridgehead atoms. The molecule has 0 spiro atoms. The lowest BCUT2D eigenvalue weighted by Crippen LogP contribution is -2.18. The second-order valence-corrected chi connectivity index (χ2v) is 3.59. The molecule has 4 nitrogen and oxygen atoms in total. The zero-order chi connectivity index (χ0) is 12.5. The van der Waals surface area contributed by atoms with Gasteiger partial charge >= 0.3 is 0 Å². The van der Waals surface area contributed by atoms with E-state index < -0.39 is 0 Å². The fourth-order valence-electron chi connectivity index (χ4n) is 1.37. The number of benzene rings is 1. The maximum Gasteiger partial charge on any atom is 0.137 e. The van der Waals surface area contributed by atoms with E-state index in [1.807, 2.05) is 19.1 Å². The van der Waals surface area contributed by atoms with Crippen molar-refractivity contribution < 1.29 is 14.2 Å². The average Bonchev–Trinajstić information content (AvgIpc) is 2.35. The summed E-state index contributed by atoms with van der Waals surface area (Å²) >= 11 is 0. The van der Waals surface area contributed by atoms with Crippen molar-refractivity contribution in [3.8, 4) is 11.8 Å². The van der Waals surface area contributed by atoms with E-state index in [0.717, 1.165) is 0 Å². The first-order valence-corrected chi connectivity index (χ1v) is 5.50. The Morgan fingerprint density at radius 3 is 2.76 bits per heavy atom. The first-order valence-electron chi connectivity index (χ1n) is 5.50. The van der Waals surface area contributed by atoms with Crippen LogP contribution in [0.3, 0.4) is 0 Å². The van der Waals surface area contributed by atoms with Crippen LogP contribution in [0.5, 0.6) is 5.75 Å². The third-order valence-electron chi connectivity index (χ3n) is 2.15. The summed E-state index contributed by atoms with van der Waals surface area (Å²) in [7, 11) is 1.64. The molecule has 0 aliphatic rings. The van der Waals surface area contributed by atoms with Crippen LogP contribution in [0.1, 0.15) is 12.5 Å². The predicted octanol–water partition coefficient (Wildman–Crippen LogP) is 1.99. The Hall–Kier alpha value is -1.57. The van der Waals surface area contributed by atoms with Crippen molar-refractivity contribution in [2.45, 2.75) is 13.0 Å². The molecule has 1 aromatic carbocycles. The van der Waals surface area contributed by atoms with Crippen LogP contribution in [0.4, 0.5) is 0 Å². The number of hydrogen-bond donors (Lipinski definition) is 0. The highest BCUT2D eigenvalue weighted by Crippen LogP contribution is 2.16. The van der Waals surface area contributed by atoms with E-state index in [1.54, 1.807) is 19.2 Å². The lowest BCUT2D eigenvalue weighted by atomic mass is 10.2. The van der Waals surface area contributed by atoms with Crippen molar-refractivity contribution in [1.82, 2.24) is 0 Å². The Morgan fingerprint density at radius 2 is 2.06 bits per heavy atom. The summed E-state index contributed by atoms with van der Waals surface area (Å²) in [4.78, 5) is 0. The van der Waals surface area contributed by atoms with Gasteiger partial charge in [0.25, 0.3) is 0 Å². The van der Waals surface area contributed by atoms with Crippen molar-refractivity contribution >= 4 is 0 Å². The molecular weight excluding hydrogens is 218 g/mol. The van der Waals surface area contributed by atoms with Crippen molar-refractivity contribution in [3.05, 3.63) is 29.8 Å². The normalized spacial score (nSPS) is 11.8.